The van der Waals surface area contributed by atoms with E-state index in [9.17, 15) is 0 Å². The Hall–Kier alpha value is -7.03. The van der Waals surface area contributed by atoms with Crippen LogP contribution in [0, 0.1) is 0 Å². The van der Waals surface area contributed by atoms with Crippen LogP contribution in [0.1, 0.15) is 0 Å². The number of hydrogen-bond acceptors (Lipinski definition) is 1. The highest BCUT2D eigenvalue weighted by Gasteiger charge is 2.18. The van der Waals surface area contributed by atoms with E-state index in [2.05, 4.69) is 199 Å². The number of fused-ring (bicyclic) bond motifs is 3. The standard InChI is InChI=1S/C51H34N2/c1-4-14-38(15-5-1)49-43-20-10-11-21-44(43)50(39-16-6-2-7-17-39)46-34-41(30-33-45(46)49)37-26-24-35(25-27-37)36-28-31-42(32-29-36)53-48-23-13-12-22-47(48)52-51(53)40-18-8-3-9-19-40/h1-34H. The highest BCUT2D eigenvalue weighted by atomic mass is 15.1. The van der Waals surface area contributed by atoms with E-state index in [1.165, 1.54) is 66.1 Å². The number of rotatable bonds is 6. The van der Waals surface area contributed by atoms with Crippen molar-refractivity contribution >= 4 is 32.6 Å². The fourth-order valence-corrected chi connectivity index (χ4v) is 7.92. The minimum atomic E-state index is 0.943. The van der Waals surface area contributed by atoms with Gasteiger partial charge in [-0.1, -0.05) is 176 Å². The molecule has 0 atom stereocenters. The molecule has 248 valence electrons. The summed E-state index contributed by atoms with van der Waals surface area (Å²) in [4.78, 5) is 5.02. The first-order valence-corrected chi connectivity index (χ1v) is 18.1. The molecule has 0 fully saturated rings. The molecule has 0 aliphatic rings. The molecule has 2 heteroatoms. The molecule has 10 rings (SSSR count). The Balaban J connectivity index is 1.05. The molecule has 0 saturated carbocycles. The van der Waals surface area contributed by atoms with Gasteiger partial charge in [-0.3, -0.25) is 4.57 Å². The highest BCUT2D eigenvalue weighted by Crippen LogP contribution is 2.45. The molecule has 0 unspecified atom stereocenters. The van der Waals surface area contributed by atoms with Gasteiger partial charge in [-0.25, -0.2) is 4.98 Å². The number of hydrogen-bond donors (Lipinski definition) is 0. The third kappa shape index (κ3) is 5.40. The van der Waals surface area contributed by atoms with Gasteiger partial charge in [-0.15, -0.1) is 0 Å². The van der Waals surface area contributed by atoms with Crippen molar-refractivity contribution in [2.75, 3.05) is 0 Å². The van der Waals surface area contributed by atoms with Crippen molar-refractivity contribution in [2.45, 2.75) is 0 Å². The fraction of sp³-hybridized carbons (Fsp3) is 0. The van der Waals surface area contributed by atoms with Crippen molar-refractivity contribution in [1.29, 1.82) is 0 Å². The molecule has 0 spiro atoms. The zero-order valence-corrected chi connectivity index (χ0v) is 29.0. The van der Waals surface area contributed by atoms with Gasteiger partial charge in [0.2, 0.25) is 0 Å². The van der Waals surface area contributed by atoms with Crippen molar-refractivity contribution in [3.63, 3.8) is 0 Å². The molecule has 10 aromatic rings. The second kappa shape index (κ2) is 12.9. The third-order valence-corrected chi connectivity index (χ3v) is 10.4. The lowest BCUT2D eigenvalue weighted by Gasteiger charge is -2.18. The van der Waals surface area contributed by atoms with Crippen LogP contribution in [0.25, 0.3) is 94.2 Å². The summed E-state index contributed by atoms with van der Waals surface area (Å²) in [6.07, 6.45) is 0. The molecule has 0 saturated heterocycles. The van der Waals surface area contributed by atoms with E-state index >= 15 is 0 Å². The monoisotopic (exact) mass is 674 g/mol. The average molecular weight is 675 g/mol. The van der Waals surface area contributed by atoms with Gasteiger partial charge in [-0.05, 0) is 96.4 Å². The Morgan fingerprint density at radius 2 is 0.736 bits per heavy atom. The zero-order chi connectivity index (χ0) is 35.1. The molecule has 1 heterocycles. The molecule has 2 nitrogen and oxygen atoms in total. The number of imidazole rings is 1. The molecule has 0 aliphatic carbocycles. The molecule has 9 aromatic carbocycles. The quantitative estimate of drug-likeness (QED) is 0.161. The van der Waals surface area contributed by atoms with Gasteiger partial charge >= 0.3 is 0 Å². The van der Waals surface area contributed by atoms with Crippen molar-refractivity contribution in [3.8, 4) is 61.6 Å². The van der Waals surface area contributed by atoms with Gasteiger partial charge in [-0.2, -0.15) is 0 Å². The lowest BCUT2D eigenvalue weighted by molar-refractivity contribution is 1.10. The van der Waals surface area contributed by atoms with Gasteiger partial charge in [0.15, 0.2) is 0 Å². The van der Waals surface area contributed by atoms with Crippen molar-refractivity contribution in [3.05, 3.63) is 206 Å². The Morgan fingerprint density at radius 1 is 0.302 bits per heavy atom. The summed E-state index contributed by atoms with van der Waals surface area (Å²) in [7, 11) is 0. The minimum Gasteiger partial charge on any atom is -0.292 e. The van der Waals surface area contributed by atoms with Crippen molar-refractivity contribution < 1.29 is 0 Å². The van der Waals surface area contributed by atoms with Gasteiger partial charge in [0, 0.05) is 11.3 Å². The number of nitrogens with zero attached hydrogens (tertiary/aromatic N) is 2. The van der Waals surface area contributed by atoms with E-state index in [0.29, 0.717) is 0 Å². The highest BCUT2D eigenvalue weighted by molar-refractivity contribution is 6.22. The smallest absolute Gasteiger partial charge is 0.145 e. The van der Waals surface area contributed by atoms with Crippen LogP contribution in [0.3, 0.4) is 0 Å². The van der Waals surface area contributed by atoms with Crippen LogP contribution in [-0.2, 0) is 0 Å². The molecule has 0 N–H and O–H groups in total. The summed E-state index contributed by atoms with van der Waals surface area (Å²) in [5.74, 6) is 0.943. The van der Waals surface area contributed by atoms with Gasteiger partial charge in [0.25, 0.3) is 0 Å². The minimum absolute atomic E-state index is 0.943. The predicted octanol–water partition coefficient (Wildman–Crippen LogP) is 13.7. The van der Waals surface area contributed by atoms with Crippen LogP contribution in [0.15, 0.2) is 206 Å². The largest absolute Gasteiger partial charge is 0.292 e. The van der Waals surface area contributed by atoms with Crippen LogP contribution in [0.2, 0.25) is 0 Å². The lowest BCUT2D eigenvalue weighted by Crippen LogP contribution is -1.97. The molecular weight excluding hydrogens is 641 g/mol. The Labute approximate surface area is 308 Å². The summed E-state index contributed by atoms with van der Waals surface area (Å²) in [5.41, 5.74) is 14.0. The normalized spacial score (nSPS) is 11.4. The summed E-state index contributed by atoms with van der Waals surface area (Å²) >= 11 is 0. The van der Waals surface area contributed by atoms with E-state index in [0.717, 1.165) is 28.1 Å². The van der Waals surface area contributed by atoms with Crippen LogP contribution in [-0.4, -0.2) is 9.55 Å². The number of aromatic nitrogens is 2. The summed E-state index contributed by atoms with van der Waals surface area (Å²) in [5, 5.41) is 5.05. The van der Waals surface area contributed by atoms with Crippen LogP contribution < -0.4 is 0 Å². The average Bonchev–Trinajstić information content (AvgIpc) is 3.63. The van der Waals surface area contributed by atoms with Gasteiger partial charge < -0.3 is 0 Å². The van der Waals surface area contributed by atoms with E-state index in [1.54, 1.807) is 0 Å². The topological polar surface area (TPSA) is 17.8 Å². The van der Waals surface area contributed by atoms with Crippen LogP contribution in [0.4, 0.5) is 0 Å². The maximum atomic E-state index is 5.02. The molecule has 0 radical (unpaired) electrons. The first kappa shape index (κ1) is 30.8. The third-order valence-electron chi connectivity index (χ3n) is 10.4. The summed E-state index contributed by atoms with van der Waals surface area (Å²) < 4.78 is 2.26. The Morgan fingerprint density at radius 3 is 1.34 bits per heavy atom. The maximum Gasteiger partial charge on any atom is 0.145 e. The number of para-hydroxylation sites is 2. The maximum absolute atomic E-state index is 5.02. The summed E-state index contributed by atoms with van der Waals surface area (Å²) in [6, 6.07) is 74.0. The molecule has 0 amide bonds. The Kier molecular flexibility index (Phi) is 7.51. The van der Waals surface area contributed by atoms with E-state index in [-0.39, 0.29) is 0 Å². The predicted molar refractivity (Wildman–Crippen MR) is 223 cm³/mol. The second-order valence-electron chi connectivity index (χ2n) is 13.5. The molecule has 1 aromatic heterocycles. The first-order valence-electron chi connectivity index (χ1n) is 18.1. The molecular formula is C51H34N2. The van der Waals surface area contributed by atoms with Gasteiger partial charge in [0.05, 0.1) is 11.0 Å². The zero-order valence-electron chi connectivity index (χ0n) is 29.0. The second-order valence-corrected chi connectivity index (χ2v) is 13.5. The van der Waals surface area contributed by atoms with Crippen LogP contribution in [0.5, 0.6) is 0 Å². The Bertz CT molecular complexity index is 2890. The van der Waals surface area contributed by atoms with E-state index in [1.807, 2.05) is 12.1 Å². The fourth-order valence-electron chi connectivity index (χ4n) is 7.92. The van der Waals surface area contributed by atoms with E-state index < -0.39 is 0 Å². The molecule has 0 bridgehead atoms. The van der Waals surface area contributed by atoms with Crippen molar-refractivity contribution in [2.24, 2.45) is 0 Å². The lowest BCUT2D eigenvalue weighted by atomic mass is 9.85. The summed E-state index contributed by atoms with van der Waals surface area (Å²) in [6.45, 7) is 0. The number of benzene rings is 9. The van der Waals surface area contributed by atoms with Crippen molar-refractivity contribution in [1.82, 2.24) is 9.55 Å². The molecule has 53 heavy (non-hydrogen) atoms. The van der Waals surface area contributed by atoms with E-state index in [4.69, 9.17) is 4.98 Å². The first-order chi connectivity index (χ1) is 26.3. The van der Waals surface area contributed by atoms with Crippen LogP contribution >= 0.6 is 0 Å². The SMILES string of the molecule is c1ccc(-c2c3ccccc3c(-c3ccccc3)c3cc(-c4ccc(-c5ccc(-n6c(-c7ccccc7)nc7ccccc76)cc5)cc4)ccc23)cc1. The van der Waals surface area contributed by atoms with Gasteiger partial charge in [0.1, 0.15) is 5.82 Å². The molecule has 0 aliphatic heterocycles.